The molecule has 0 spiro atoms. The summed E-state index contributed by atoms with van der Waals surface area (Å²) in [6.07, 6.45) is 0.0750. The number of nitrogens with two attached hydrogens (primary N) is 1. The number of hydrogen-bond donors (Lipinski definition) is 4. The lowest BCUT2D eigenvalue weighted by atomic mass is 10.1. The molecule has 0 aliphatic rings. The fourth-order valence-corrected chi connectivity index (χ4v) is 6.18. The molecule has 0 aliphatic heterocycles. The van der Waals surface area contributed by atoms with Crippen LogP contribution >= 0.6 is 98.0 Å². The minimum absolute atomic E-state index is 0.0750. The first kappa shape index (κ1) is 22.4. The number of ether oxygens (including phenoxy) is 1. The van der Waals surface area contributed by atoms with Crippen LogP contribution in [0.5, 0.6) is 17.2 Å². The maximum atomic E-state index is 11.2. The Morgan fingerprint density at radius 1 is 1.00 bits per heavy atom. The molecule has 2 aromatic carbocycles. The predicted octanol–water partition coefficient (Wildman–Crippen LogP) is 4.61. The first-order valence-electron chi connectivity index (χ1n) is 6.63. The Morgan fingerprint density at radius 3 is 1.92 bits per heavy atom. The van der Waals surface area contributed by atoms with Crippen LogP contribution in [0.4, 0.5) is 0 Å². The highest BCUT2D eigenvalue weighted by molar-refractivity contribution is 14.1. The van der Waals surface area contributed by atoms with Crippen LogP contribution in [0.2, 0.25) is 0 Å². The van der Waals surface area contributed by atoms with Crippen molar-refractivity contribution in [2.45, 2.75) is 12.2 Å². The van der Waals surface area contributed by atoms with E-state index in [1.165, 1.54) is 0 Å². The van der Waals surface area contributed by atoms with Crippen molar-refractivity contribution in [3.05, 3.63) is 44.1 Å². The highest BCUT2D eigenvalue weighted by atomic mass is 127. The van der Waals surface area contributed by atoms with E-state index < -0.39 is 13.4 Å². The second-order valence-corrected chi connectivity index (χ2v) is 11.6. The normalized spacial score (nSPS) is 12.9. The van der Waals surface area contributed by atoms with Crippen LogP contribution < -0.4 is 10.5 Å². The Bertz CT molecular complexity index is 811. The zero-order valence-corrected chi connectivity index (χ0v) is 21.8. The summed E-state index contributed by atoms with van der Waals surface area (Å²) in [7, 11) is -4.32. The van der Waals surface area contributed by atoms with Crippen molar-refractivity contribution in [3.63, 3.8) is 0 Å². The summed E-state index contributed by atoms with van der Waals surface area (Å²) in [5.41, 5.74) is 6.30. The van der Waals surface area contributed by atoms with Crippen LogP contribution in [0, 0.1) is 14.3 Å². The van der Waals surface area contributed by atoms with Gasteiger partial charge in [0.25, 0.3) is 0 Å². The summed E-state index contributed by atoms with van der Waals surface area (Å²) in [5.74, 6) is 0.236. The van der Waals surface area contributed by atoms with Gasteiger partial charge in [0, 0.05) is 0 Å². The van der Waals surface area contributed by atoms with E-state index in [1.54, 1.807) is 24.3 Å². The molecular weight excluding hydrogens is 801 g/mol. The van der Waals surface area contributed by atoms with E-state index in [-0.39, 0.29) is 12.2 Å². The Labute approximate surface area is 199 Å². The lowest BCUT2D eigenvalue weighted by Gasteiger charge is -2.16. The van der Waals surface area contributed by atoms with E-state index in [4.69, 9.17) is 20.3 Å². The molecule has 6 nitrogen and oxygen atoms in total. The summed E-state index contributed by atoms with van der Waals surface area (Å²) >= 11 is 8.30. The predicted molar refractivity (Wildman–Crippen MR) is 129 cm³/mol. The van der Waals surface area contributed by atoms with Crippen molar-refractivity contribution in [3.8, 4) is 17.2 Å². The van der Waals surface area contributed by atoms with Crippen molar-refractivity contribution < 1.29 is 24.2 Å². The van der Waals surface area contributed by atoms with Crippen LogP contribution in [0.25, 0.3) is 0 Å². The molecule has 11 heteroatoms. The van der Waals surface area contributed by atoms with Gasteiger partial charge in [0.15, 0.2) is 5.75 Å². The smallest absolute Gasteiger partial charge is 0.342 e. The average Bonchev–Trinajstić information content (AvgIpc) is 2.47. The van der Waals surface area contributed by atoms with Crippen LogP contribution in [0.15, 0.2) is 24.3 Å². The Hall–Kier alpha value is 1.07. The number of rotatable bonds is 5. The van der Waals surface area contributed by atoms with E-state index in [0.717, 1.165) is 12.7 Å². The fourth-order valence-electron chi connectivity index (χ4n) is 1.91. The van der Waals surface area contributed by atoms with Gasteiger partial charge in [-0.05, 0) is 127 Å². The summed E-state index contributed by atoms with van der Waals surface area (Å²) in [4.78, 5) is 18.3. The molecule has 0 aliphatic carbocycles. The molecule has 0 saturated carbocycles. The van der Waals surface area contributed by atoms with Crippen molar-refractivity contribution in [2.75, 3.05) is 0 Å². The summed E-state index contributed by atoms with van der Waals surface area (Å²) in [5, 5.41) is 9.84. The SMILES string of the molecule is N[C@@H](Cc1cc(I)c(Oc2cc(I)c(O)c(I)c2)c(I)c1)P(=O)(O)O. The molecule has 2 aromatic rings. The highest BCUT2D eigenvalue weighted by Crippen LogP contribution is 2.41. The Balaban J connectivity index is 2.30. The van der Waals surface area contributed by atoms with Crippen molar-refractivity contribution >= 4 is 98.0 Å². The van der Waals surface area contributed by atoms with Gasteiger partial charge in [-0.25, -0.2) is 0 Å². The number of hydrogen-bond acceptors (Lipinski definition) is 4. The molecule has 5 N–H and O–H groups in total. The molecule has 0 saturated heterocycles. The molecule has 0 heterocycles. The van der Waals surface area contributed by atoms with E-state index in [2.05, 4.69) is 45.2 Å². The molecule has 25 heavy (non-hydrogen) atoms. The van der Waals surface area contributed by atoms with Crippen LogP contribution in [0.1, 0.15) is 5.56 Å². The molecule has 0 amide bonds. The highest BCUT2D eigenvalue weighted by Gasteiger charge is 2.25. The standard InChI is InChI=1S/C14H12I4NO5P/c15-8-4-7(5-9(16)13(8)20)24-14-10(17)1-6(2-11(14)18)3-12(19)25(21,22)23/h1-2,4-5,12,20H,3,19H2,(H2,21,22,23)/t12-/m1/s1. The minimum atomic E-state index is -4.32. The van der Waals surface area contributed by atoms with Crippen molar-refractivity contribution in [1.29, 1.82) is 0 Å². The van der Waals surface area contributed by atoms with Gasteiger partial charge in [0.2, 0.25) is 0 Å². The average molecular weight is 813 g/mol. The lowest BCUT2D eigenvalue weighted by Crippen LogP contribution is -2.22. The zero-order chi connectivity index (χ0) is 18.9. The molecular formula is C14H12I4NO5P. The van der Waals surface area contributed by atoms with Crippen LogP contribution in [-0.2, 0) is 11.0 Å². The Kier molecular flexibility index (Phi) is 8.09. The van der Waals surface area contributed by atoms with Crippen molar-refractivity contribution in [2.24, 2.45) is 5.73 Å². The molecule has 2 rings (SSSR count). The molecule has 0 unspecified atom stereocenters. The summed E-state index contributed by atoms with van der Waals surface area (Å²) < 4.78 is 20.2. The van der Waals surface area contributed by atoms with Gasteiger partial charge >= 0.3 is 7.60 Å². The molecule has 0 bridgehead atoms. The summed E-state index contributed by atoms with van der Waals surface area (Å²) in [6.45, 7) is 0. The quantitative estimate of drug-likeness (QED) is 0.260. The second-order valence-electron chi connectivity index (χ2n) is 5.09. The molecule has 136 valence electrons. The van der Waals surface area contributed by atoms with Gasteiger partial charge in [0.1, 0.15) is 17.3 Å². The minimum Gasteiger partial charge on any atom is -0.506 e. The molecule has 0 radical (unpaired) electrons. The first-order chi connectivity index (χ1) is 11.5. The lowest BCUT2D eigenvalue weighted by molar-refractivity contribution is 0.358. The topological polar surface area (TPSA) is 113 Å². The largest absolute Gasteiger partial charge is 0.506 e. The number of aromatic hydroxyl groups is 1. The third kappa shape index (κ3) is 6.02. The number of benzene rings is 2. The maximum Gasteiger partial charge on any atom is 0.342 e. The second kappa shape index (κ2) is 9.05. The first-order valence-corrected chi connectivity index (χ1v) is 12.6. The van der Waals surface area contributed by atoms with Gasteiger partial charge in [-0.1, -0.05) is 0 Å². The number of phenols is 1. The fraction of sp³-hybridized carbons (Fsp3) is 0.143. The molecule has 0 fully saturated rings. The maximum absolute atomic E-state index is 11.2. The van der Waals surface area contributed by atoms with E-state index >= 15 is 0 Å². The summed E-state index contributed by atoms with van der Waals surface area (Å²) in [6, 6.07) is 7.07. The monoisotopic (exact) mass is 813 g/mol. The molecule has 0 aromatic heterocycles. The van der Waals surface area contributed by atoms with Gasteiger partial charge in [0.05, 0.1) is 14.3 Å². The van der Waals surface area contributed by atoms with Crippen molar-refractivity contribution in [1.82, 2.24) is 0 Å². The van der Waals surface area contributed by atoms with Gasteiger partial charge in [-0.3, -0.25) is 4.57 Å². The number of halogens is 4. The van der Waals surface area contributed by atoms with Gasteiger partial charge in [-0.15, -0.1) is 0 Å². The van der Waals surface area contributed by atoms with Gasteiger partial charge < -0.3 is 25.4 Å². The van der Waals surface area contributed by atoms with E-state index in [0.29, 0.717) is 18.6 Å². The number of phenolic OH excluding ortho intramolecular Hbond substituents is 1. The van der Waals surface area contributed by atoms with Gasteiger partial charge in [-0.2, -0.15) is 0 Å². The zero-order valence-electron chi connectivity index (χ0n) is 12.3. The van der Waals surface area contributed by atoms with E-state index in [9.17, 15) is 9.67 Å². The van der Waals surface area contributed by atoms with Crippen LogP contribution in [0.3, 0.4) is 0 Å². The Morgan fingerprint density at radius 2 is 1.48 bits per heavy atom. The van der Waals surface area contributed by atoms with E-state index in [1.807, 2.05) is 45.2 Å². The molecule has 1 atom stereocenters. The third-order valence-electron chi connectivity index (χ3n) is 3.15. The third-order valence-corrected chi connectivity index (χ3v) is 7.44. The van der Waals surface area contributed by atoms with Crippen LogP contribution in [-0.4, -0.2) is 20.7 Å².